The minimum absolute atomic E-state index is 0.00244. The van der Waals surface area contributed by atoms with E-state index in [0.29, 0.717) is 11.5 Å². The number of hydrogen-bond donors (Lipinski definition) is 0. The molecular formula is C15H15F3N4O. The molecule has 0 radical (unpaired) electrons. The molecule has 0 saturated carbocycles. The van der Waals surface area contributed by atoms with Crippen LogP contribution in [0, 0.1) is 0 Å². The summed E-state index contributed by atoms with van der Waals surface area (Å²) in [7, 11) is 0. The van der Waals surface area contributed by atoms with Gasteiger partial charge in [0.15, 0.2) is 5.82 Å². The Labute approximate surface area is 131 Å². The van der Waals surface area contributed by atoms with Gasteiger partial charge in [-0.2, -0.15) is 13.2 Å². The molecule has 0 aliphatic rings. The molecule has 0 bridgehead atoms. The Morgan fingerprint density at radius 3 is 2.35 bits per heavy atom. The van der Waals surface area contributed by atoms with E-state index in [-0.39, 0.29) is 12.1 Å². The fourth-order valence-corrected chi connectivity index (χ4v) is 2.00. The number of amides is 1. The number of carbonyl (C=O) groups excluding carboxylic acids is 1. The Bertz CT molecular complexity index is 659. The van der Waals surface area contributed by atoms with Gasteiger partial charge in [-0.15, -0.1) is 0 Å². The van der Waals surface area contributed by atoms with E-state index in [2.05, 4.69) is 15.0 Å². The molecule has 122 valence electrons. The molecule has 0 spiro atoms. The second-order valence-corrected chi connectivity index (χ2v) is 4.82. The van der Waals surface area contributed by atoms with Crippen LogP contribution in [0.4, 0.5) is 13.2 Å². The molecule has 2 rings (SSSR count). The molecular weight excluding hydrogens is 309 g/mol. The third kappa shape index (κ3) is 3.82. The van der Waals surface area contributed by atoms with Crippen molar-refractivity contribution in [3.05, 3.63) is 42.4 Å². The number of halogens is 3. The fraction of sp³-hybridized carbons (Fsp3) is 0.333. The van der Waals surface area contributed by atoms with Crippen LogP contribution in [0.25, 0.3) is 11.5 Å². The van der Waals surface area contributed by atoms with Gasteiger partial charge in [0.1, 0.15) is 11.7 Å². The Kier molecular flexibility index (Phi) is 4.92. The van der Waals surface area contributed by atoms with Crippen molar-refractivity contribution >= 4 is 5.91 Å². The maximum absolute atomic E-state index is 12.8. The van der Waals surface area contributed by atoms with Crippen LogP contribution in [0.2, 0.25) is 0 Å². The number of rotatable bonds is 4. The Morgan fingerprint density at radius 1 is 1.22 bits per heavy atom. The van der Waals surface area contributed by atoms with Crippen molar-refractivity contribution in [2.75, 3.05) is 6.54 Å². The largest absolute Gasteiger partial charge is 0.408 e. The number of carbonyl (C=O) groups is 1. The van der Waals surface area contributed by atoms with E-state index in [1.165, 1.54) is 19.3 Å². The number of hydrogen-bond acceptors (Lipinski definition) is 4. The summed E-state index contributed by atoms with van der Waals surface area (Å²) in [6.45, 7) is 2.37. The molecule has 0 aromatic carbocycles. The van der Waals surface area contributed by atoms with E-state index < -0.39 is 18.1 Å². The zero-order valence-electron chi connectivity index (χ0n) is 12.6. The number of nitrogens with zero attached hydrogens (tertiary/aromatic N) is 4. The van der Waals surface area contributed by atoms with Crippen LogP contribution in [0.3, 0.4) is 0 Å². The lowest BCUT2D eigenvalue weighted by molar-refractivity contribution is -0.171. The summed E-state index contributed by atoms with van der Waals surface area (Å²) in [5, 5.41) is 0. The highest BCUT2D eigenvalue weighted by Gasteiger charge is 2.41. The second kappa shape index (κ2) is 6.72. The molecule has 5 nitrogen and oxygen atoms in total. The molecule has 2 heterocycles. The predicted molar refractivity (Wildman–Crippen MR) is 77.5 cm³/mol. The highest BCUT2D eigenvalue weighted by Crippen LogP contribution is 2.25. The van der Waals surface area contributed by atoms with Gasteiger partial charge < -0.3 is 4.90 Å². The van der Waals surface area contributed by atoms with Gasteiger partial charge >= 0.3 is 6.18 Å². The van der Waals surface area contributed by atoms with Gasteiger partial charge in [-0.05, 0) is 26.0 Å². The molecule has 2 aromatic heterocycles. The first-order valence-corrected chi connectivity index (χ1v) is 6.95. The van der Waals surface area contributed by atoms with Crippen molar-refractivity contribution in [1.29, 1.82) is 0 Å². The maximum atomic E-state index is 12.8. The Hall–Kier alpha value is -2.51. The normalized spacial score (nSPS) is 12.7. The summed E-state index contributed by atoms with van der Waals surface area (Å²) >= 11 is 0. The molecule has 1 amide bonds. The van der Waals surface area contributed by atoms with Crippen LogP contribution >= 0.6 is 0 Å². The number of alkyl halides is 3. The summed E-state index contributed by atoms with van der Waals surface area (Å²) in [5.41, 5.74) is 0.519. The first-order chi connectivity index (χ1) is 10.8. The smallest absolute Gasteiger partial charge is 0.327 e. The minimum atomic E-state index is -4.49. The zero-order valence-corrected chi connectivity index (χ0v) is 12.6. The molecule has 1 atom stereocenters. The molecule has 8 heteroatoms. The lowest BCUT2D eigenvalue weighted by Crippen LogP contribution is -2.46. The van der Waals surface area contributed by atoms with E-state index in [9.17, 15) is 18.0 Å². The van der Waals surface area contributed by atoms with E-state index in [1.807, 2.05) is 0 Å². The topological polar surface area (TPSA) is 59.0 Å². The van der Waals surface area contributed by atoms with Crippen LogP contribution in [0.1, 0.15) is 24.2 Å². The molecule has 0 fully saturated rings. The van der Waals surface area contributed by atoms with Crippen molar-refractivity contribution in [2.45, 2.75) is 26.1 Å². The van der Waals surface area contributed by atoms with Crippen LogP contribution in [0.15, 0.2) is 36.8 Å². The van der Waals surface area contributed by atoms with Crippen LogP contribution in [-0.2, 0) is 0 Å². The van der Waals surface area contributed by atoms with E-state index in [0.717, 1.165) is 11.8 Å². The predicted octanol–water partition coefficient (Wildman–Crippen LogP) is 2.95. The standard InChI is InChI=1S/C15H15F3N4O/c1-3-22(10(2)15(16,17)18)14(23)11-8-20-13(21-9-11)12-6-4-5-7-19-12/h4-10H,3H2,1-2H3. The first kappa shape index (κ1) is 16.9. The van der Waals surface area contributed by atoms with Gasteiger partial charge in [-0.1, -0.05) is 6.07 Å². The van der Waals surface area contributed by atoms with E-state index >= 15 is 0 Å². The summed E-state index contributed by atoms with van der Waals surface area (Å²) in [5.74, 6) is -0.459. The van der Waals surface area contributed by atoms with Crippen LogP contribution < -0.4 is 0 Å². The lowest BCUT2D eigenvalue weighted by atomic mass is 10.2. The van der Waals surface area contributed by atoms with Crippen molar-refractivity contribution in [2.24, 2.45) is 0 Å². The quantitative estimate of drug-likeness (QED) is 0.867. The maximum Gasteiger partial charge on any atom is 0.408 e. The number of aromatic nitrogens is 3. The SMILES string of the molecule is CCN(C(=O)c1cnc(-c2ccccn2)nc1)C(C)C(F)(F)F. The fourth-order valence-electron chi connectivity index (χ4n) is 2.00. The van der Waals surface area contributed by atoms with Crippen LogP contribution in [0.5, 0.6) is 0 Å². The van der Waals surface area contributed by atoms with Crippen molar-refractivity contribution < 1.29 is 18.0 Å². The molecule has 0 aliphatic carbocycles. The monoisotopic (exact) mass is 324 g/mol. The highest BCUT2D eigenvalue weighted by molar-refractivity contribution is 5.94. The van der Waals surface area contributed by atoms with Gasteiger partial charge in [0.2, 0.25) is 0 Å². The average molecular weight is 324 g/mol. The van der Waals surface area contributed by atoms with E-state index in [4.69, 9.17) is 0 Å². The van der Waals surface area contributed by atoms with Gasteiger partial charge in [-0.25, -0.2) is 9.97 Å². The second-order valence-electron chi connectivity index (χ2n) is 4.82. The highest BCUT2D eigenvalue weighted by atomic mass is 19.4. The average Bonchev–Trinajstić information content (AvgIpc) is 2.55. The Balaban J connectivity index is 2.23. The summed E-state index contributed by atoms with van der Waals surface area (Å²) in [6, 6.07) is 3.31. The molecule has 2 aromatic rings. The van der Waals surface area contributed by atoms with E-state index in [1.54, 1.807) is 24.4 Å². The van der Waals surface area contributed by atoms with Crippen molar-refractivity contribution in [1.82, 2.24) is 19.9 Å². The minimum Gasteiger partial charge on any atom is -0.327 e. The van der Waals surface area contributed by atoms with Gasteiger partial charge in [-0.3, -0.25) is 9.78 Å². The van der Waals surface area contributed by atoms with Gasteiger partial charge in [0.25, 0.3) is 5.91 Å². The molecule has 1 unspecified atom stereocenters. The summed E-state index contributed by atoms with van der Waals surface area (Å²) < 4.78 is 38.4. The van der Waals surface area contributed by atoms with Gasteiger partial charge in [0, 0.05) is 25.1 Å². The first-order valence-electron chi connectivity index (χ1n) is 6.95. The van der Waals surface area contributed by atoms with Crippen LogP contribution in [-0.4, -0.2) is 44.5 Å². The molecule has 0 N–H and O–H groups in total. The molecule has 0 aliphatic heterocycles. The molecule has 23 heavy (non-hydrogen) atoms. The van der Waals surface area contributed by atoms with Crippen molar-refractivity contribution in [3.63, 3.8) is 0 Å². The third-order valence-corrected chi connectivity index (χ3v) is 3.34. The third-order valence-electron chi connectivity index (χ3n) is 3.34. The Morgan fingerprint density at radius 2 is 1.87 bits per heavy atom. The summed E-state index contributed by atoms with van der Waals surface area (Å²) in [4.78, 5) is 25.1. The zero-order chi connectivity index (χ0) is 17.0. The lowest BCUT2D eigenvalue weighted by Gasteiger charge is -2.29. The van der Waals surface area contributed by atoms with Crippen molar-refractivity contribution in [3.8, 4) is 11.5 Å². The molecule has 0 saturated heterocycles. The number of pyridine rings is 1. The summed E-state index contributed by atoms with van der Waals surface area (Å²) in [6.07, 6.45) is -0.488. The van der Waals surface area contributed by atoms with Gasteiger partial charge in [0.05, 0.1) is 5.56 Å².